The first kappa shape index (κ1) is 12.8. The molecule has 1 amide bonds. The molecule has 2 aliphatic rings. The molecule has 2 N–H and O–H groups in total. The molecule has 4 nitrogen and oxygen atoms in total. The molecule has 0 atom stereocenters. The highest BCUT2D eigenvalue weighted by Gasteiger charge is 2.23. The predicted octanol–water partition coefficient (Wildman–Crippen LogP) is 1.08. The molecule has 0 aromatic rings. The van der Waals surface area contributed by atoms with Crippen molar-refractivity contribution >= 4 is 5.91 Å². The molecule has 0 aliphatic heterocycles. The summed E-state index contributed by atoms with van der Waals surface area (Å²) in [4.78, 5) is 11.6. The van der Waals surface area contributed by atoms with Gasteiger partial charge in [0.2, 0.25) is 5.91 Å². The van der Waals surface area contributed by atoms with Crippen LogP contribution < -0.4 is 5.32 Å². The van der Waals surface area contributed by atoms with Gasteiger partial charge in [-0.1, -0.05) is 0 Å². The third kappa shape index (κ3) is 4.64. The Kier molecular flexibility index (Phi) is 4.80. The highest BCUT2D eigenvalue weighted by atomic mass is 16.5. The minimum Gasteiger partial charge on any atom is -0.396 e. The zero-order valence-corrected chi connectivity index (χ0v) is 10.4. The molecule has 0 unspecified atom stereocenters. The molecular formula is C13H23NO3. The van der Waals surface area contributed by atoms with Crippen LogP contribution in [0, 0.1) is 11.8 Å². The molecule has 0 bridgehead atoms. The minimum atomic E-state index is 0.0121. The first-order valence-electron chi connectivity index (χ1n) is 6.76. The zero-order chi connectivity index (χ0) is 12.1. The van der Waals surface area contributed by atoms with Gasteiger partial charge in [-0.25, -0.2) is 0 Å². The lowest BCUT2D eigenvalue weighted by molar-refractivity contribution is -0.126. The summed E-state index contributed by atoms with van der Waals surface area (Å²) in [5.74, 6) is 1.16. The average Bonchev–Trinajstić information content (AvgIpc) is 3.14. The Hall–Kier alpha value is -0.610. The summed E-state index contributed by atoms with van der Waals surface area (Å²) >= 11 is 0. The zero-order valence-electron chi connectivity index (χ0n) is 10.4. The van der Waals surface area contributed by atoms with E-state index in [4.69, 9.17) is 9.84 Å². The van der Waals surface area contributed by atoms with Crippen LogP contribution in [0.1, 0.15) is 38.5 Å². The van der Waals surface area contributed by atoms with Crippen molar-refractivity contribution in [3.63, 3.8) is 0 Å². The number of carbonyl (C=O) groups excluding carboxylic acids is 1. The lowest BCUT2D eigenvalue weighted by Gasteiger charge is -2.27. The third-order valence-corrected chi connectivity index (χ3v) is 3.75. The number of rotatable bonds is 6. The van der Waals surface area contributed by atoms with Crippen LogP contribution >= 0.6 is 0 Å². The Bertz CT molecular complexity index is 245. The van der Waals surface area contributed by atoms with E-state index >= 15 is 0 Å². The molecule has 4 heteroatoms. The van der Waals surface area contributed by atoms with Crippen molar-refractivity contribution in [2.45, 2.75) is 44.6 Å². The van der Waals surface area contributed by atoms with Gasteiger partial charge in [-0.05, 0) is 50.4 Å². The molecule has 0 aromatic carbocycles. The van der Waals surface area contributed by atoms with E-state index in [-0.39, 0.29) is 25.2 Å². The highest BCUT2D eigenvalue weighted by Crippen LogP contribution is 2.28. The quantitative estimate of drug-likeness (QED) is 0.731. The minimum absolute atomic E-state index is 0.0121. The van der Waals surface area contributed by atoms with E-state index in [1.807, 2.05) is 0 Å². The third-order valence-electron chi connectivity index (χ3n) is 3.75. The molecule has 98 valence electrons. The Morgan fingerprint density at radius 2 is 1.76 bits per heavy atom. The summed E-state index contributed by atoms with van der Waals surface area (Å²) in [6.07, 6.45) is 6.52. The van der Waals surface area contributed by atoms with Crippen molar-refractivity contribution in [2.75, 3.05) is 19.8 Å². The van der Waals surface area contributed by atoms with E-state index in [1.54, 1.807) is 0 Å². The number of amides is 1. The number of ether oxygens (including phenoxy) is 1. The number of hydrogen-bond acceptors (Lipinski definition) is 3. The van der Waals surface area contributed by atoms with Crippen molar-refractivity contribution in [2.24, 2.45) is 11.8 Å². The average molecular weight is 241 g/mol. The Morgan fingerprint density at radius 1 is 1.12 bits per heavy atom. The number of carbonyl (C=O) groups is 1. The van der Waals surface area contributed by atoms with Crippen LogP contribution in [0.3, 0.4) is 0 Å². The summed E-state index contributed by atoms with van der Waals surface area (Å²) in [7, 11) is 0. The van der Waals surface area contributed by atoms with Crippen molar-refractivity contribution < 1.29 is 14.6 Å². The summed E-state index contributed by atoms with van der Waals surface area (Å²) in [6, 6.07) is 0.287. The van der Waals surface area contributed by atoms with Gasteiger partial charge in [-0.2, -0.15) is 0 Å². The van der Waals surface area contributed by atoms with Gasteiger partial charge >= 0.3 is 0 Å². The molecule has 2 fully saturated rings. The van der Waals surface area contributed by atoms with Gasteiger partial charge in [-0.3, -0.25) is 4.79 Å². The molecule has 2 rings (SSSR count). The highest BCUT2D eigenvalue weighted by molar-refractivity contribution is 5.77. The van der Waals surface area contributed by atoms with E-state index < -0.39 is 0 Å². The van der Waals surface area contributed by atoms with Crippen LogP contribution in [0.5, 0.6) is 0 Å². The van der Waals surface area contributed by atoms with Crippen molar-refractivity contribution in [1.29, 1.82) is 0 Å². The summed E-state index contributed by atoms with van der Waals surface area (Å²) in [5.41, 5.74) is 0. The number of nitrogens with one attached hydrogen (secondary N) is 1. The number of aliphatic hydroxyl groups is 1. The van der Waals surface area contributed by atoms with Crippen LogP contribution in [0.15, 0.2) is 0 Å². The van der Waals surface area contributed by atoms with Crippen molar-refractivity contribution in [1.82, 2.24) is 5.32 Å². The largest absolute Gasteiger partial charge is 0.396 e. The molecule has 0 radical (unpaired) electrons. The fourth-order valence-electron chi connectivity index (χ4n) is 2.36. The van der Waals surface area contributed by atoms with Gasteiger partial charge < -0.3 is 15.2 Å². The molecule has 2 saturated carbocycles. The SMILES string of the molecule is O=C(COCC1CC1)NC1CCC(CO)CC1. The molecule has 0 heterocycles. The molecule has 0 saturated heterocycles. The lowest BCUT2D eigenvalue weighted by Crippen LogP contribution is -2.40. The fraction of sp³-hybridized carbons (Fsp3) is 0.923. The molecule has 0 spiro atoms. The van der Waals surface area contributed by atoms with Crippen LogP contribution in [-0.4, -0.2) is 36.9 Å². The molecule has 17 heavy (non-hydrogen) atoms. The Labute approximate surface area is 103 Å². The van der Waals surface area contributed by atoms with Gasteiger partial charge in [0.05, 0.1) is 6.61 Å². The second kappa shape index (κ2) is 6.36. The predicted molar refractivity (Wildman–Crippen MR) is 64.5 cm³/mol. The first-order chi connectivity index (χ1) is 8.28. The van der Waals surface area contributed by atoms with Gasteiger partial charge in [0, 0.05) is 12.6 Å². The van der Waals surface area contributed by atoms with E-state index in [1.165, 1.54) is 12.8 Å². The molecule has 2 aliphatic carbocycles. The molecule has 0 aromatic heterocycles. The lowest BCUT2D eigenvalue weighted by atomic mass is 9.86. The van der Waals surface area contributed by atoms with Gasteiger partial charge in [0.25, 0.3) is 0 Å². The maximum atomic E-state index is 11.6. The molecular weight excluding hydrogens is 218 g/mol. The maximum Gasteiger partial charge on any atom is 0.246 e. The maximum absolute atomic E-state index is 11.6. The van der Waals surface area contributed by atoms with E-state index in [9.17, 15) is 4.79 Å². The number of aliphatic hydroxyl groups excluding tert-OH is 1. The second-order valence-electron chi connectivity index (χ2n) is 5.43. The second-order valence-corrected chi connectivity index (χ2v) is 5.43. The van der Waals surface area contributed by atoms with Gasteiger partial charge in [0.1, 0.15) is 6.61 Å². The smallest absolute Gasteiger partial charge is 0.246 e. The monoisotopic (exact) mass is 241 g/mol. The van der Waals surface area contributed by atoms with Crippen LogP contribution in [-0.2, 0) is 9.53 Å². The summed E-state index contributed by atoms with van der Waals surface area (Å²) in [6.45, 7) is 1.23. The van der Waals surface area contributed by atoms with Crippen molar-refractivity contribution in [3.05, 3.63) is 0 Å². The van der Waals surface area contributed by atoms with E-state index in [2.05, 4.69) is 5.32 Å². The van der Waals surface area contributed by atoms with Gasteiger partial charge in [0.15, 0.2) is 0 Å². The van der Waals surface area contributed by atoms with Gasteiger partial charge in [-0.15, -0.1) is 0 Å². The number of hydrogen-bond donors (Lipinski definition) is 2. The first-order valence-corrected chi connectivity index (χ1v) is 6.76. The standard InChI is InChI=1S/C13H23NO3/c15-7-10-3-5-12(6-4-10)14-13(16)9-17-8-11-1-2-11/h10-12,15H,1-9H2,(H,14,16). The van der Waals surface area contributed by atoms with E-state index in [0.717, 1.165) is 32.3 Å². The topological polar surface area (TPSA) is 58.6 Å². The van der Waals surface area contributed by atoms with Crippen LogP contribution in [0.25, 0.3) is 0 Å². The normalized spacial score (nSPS) is 29.0. The Morgan fingerprint density at radius 3 is 2.35 bits per heavy atom. The van der Waals surface area contributed by atoms with Crippen molar-refractivity contribution in [3.8, 4) is 0 Å². The van der Waals surface area contributed by atoms with Crippen LogP contribution in [0.2, 0.25) is 0 Å². The fourth-order valence-corrected chi connectivity index (χ4v) is 2.36. The van der Waals surface area contributed by atoms with E-state index in [0.29, 0.717) is 11.8 Å². The summed E-state index contributed by atoms with van der Waals surface area (Å²) in [5, 5.41) is 12.0. The van der Waals surface area contributed by atoms with Crippen LogP contribution in [0.4, 0.5) is 0 Å². The summed E-state index contributed by atoms with van der Waals surface area (Å²) < 4.78 is 5.35. The Balaban J connectivity index is 1.55.